The lowest BCUT2D eigenvalue weighted by molar-refractivity contribution is 0.268. The molecule has 0 bridgehead atoms. The van der Waals surface area contributed by atoms with E-state index in [0.717, 1.165) is 23.6 Å². The largest absolute Gasteiger partial charge is 0.491 e. The third-order valence-corrected chi connectivity index (χ3v) is 2.97. The van der Waals surface area contributed by atoms with Crippen molar-refractivity contribution in [3.8, 4) is 5.75 Å². The van der Waals surface area contributed by atoms with E-state index < -0.39 is 0 Å². The number of aliphatic hydroxyl groups is 1. The molecule has 0 spiro atoms. The van der Waals surface area contributed by atoms with Gasteiger partial charge in [0.1, 0.15) is 11.4 Å². The van der Waals surface area contributed by atoms with Gasteiger partial charge in [-0.05, 0) is 31.0 Å². The highest BCUT2D eigenvalue weighted by molar-refractivity contribution is 5.57. The summed E-state index contributed by atoms with van der Waals surface area (Å²) in [5.41, 5.74) is 2.94. The summed E-state index contributed by atoms with van der Waals surface area (Å²) in [6, 6.07) is 6.09. The van der Waals surface area contributed by atoms with Crippen LogP contribution < -0.4 is 10.1 Å². The SMILES string of the molecule is CCCOc1cc(C)ccc1NCc1cn(CCO)nn1. The topological polar surface area (TPSA) is 72.2 Å². The van der Waals surface area contributed by atoms with Crippen LogP contribution in [0.2, 0.25) is 0 Å². The highest BCUT2D eigenvalue weighted by Crippen LogP contribution is 2.26. The van der Waals surface area contributed by atoms with Gasteiger partial charge in [-0.2, -0.15) is 0 Å². The summed E-state index contributed by atoms with van der Waals surface area (Å²) in [7, 11) is 0. The van der Waals surface area contributed by atoms with Gasteiger partial charge in [0.15, 0.2) is 0 Å². The van der Waals surface area contributed by atoms with E-state index >= 15 is 0 Å². The molecule has 0 unspecified atom stereocenters. The molecular weight excluding hydrogens is 268 g/mol. The Balaban J connectivity index is 2.00. The van der Waals surface area contributed by atoms with E-state index in [0.29, 0.717) is 19.7 Å². The molecule has 2 rings (SSSR count). The maximum absolute atomic E-state index is 8.86. The molecule has 0 amide bonds. The molecule has 0 aliphatic heterocycles. The number of nitrogens with one attached hydrogen (secondary N) is 1. The van der Waals surface area contributed by atoms with Crippen LogP contribution in [0.15, 0.2) is 24.4 Å². The Morgan fingerprint density at radius 1 is 1.38 bits per heavy atom. The van der Waals surface area contributed by atoms with Crippen LogP contribution in [0.4, 0.5) is 5.69 Å². The van der Waals surface area contributed by atoms with Gasteiger partial charge in [0.25, 0.3) is 0 Å². The number of aryl methyl sites for hydroxylation is 1. The molecule has 0 aliphatic rings. The molecule has 1 heterocycles. The first-order valence-corrected chi connectivity index (χ1v) is 7.20. The zero-order valence-electron chi connectivity index (χ0n) is 12.5. The number of hydrogen-bond donors (Lipinski definition) is 2. The van der Waals surface area contributed by atoms with Crippen molar-refractivity contribution in [2.45, 2.75) is 33.4 Å². The zero-order chi connectivity index (χ0) is 15.1. The van der Waals surface area contributed by atoms with Crippen LogP contribution in [-0.2, 0) is 13.1 Å². The maximum atomic E-state index is 8.86. The molecule has 0 fully saturated rings. The summed E-state index contributed by atoms with van der Waals surface area (Å²) in [5, 5.41) is 20.2. The molecule has 21 heavy (non-hydrogen) atoms. The summed E-state index contributed by atoms with van der Waals surface area (Å²) in [6.45, 7) is 5.92. The number of ether oxygens (including phenoxy) is 1. The lowest BCUT2D eigenvalue weighted by Crippen LogP contribution is -2.04. The molecule has 0 radical (unpaired) electrons. The first kappa shape index (κ1) is 15.3. The second-order valence-corrected chi connectivity index (χ2v) is 4.90. The van der Waals surface area contributed by atoms with Gasteiger partial charge in [0.05, 0.1) is 38.2 Å². The Morgan fingerprint density at radius 3 is 3.00 bits per heavy atom. The van der Waals surface area contributed by atoms with Crippen molar-refractivity contribution in [3.63, 3.8) is 0 Å². The van der Waals surface area contributed by atoms with Gasteiger partial charge in [0, 0.05) is 0 Å². The van der Waals surface area contributed by atoms with Crippen LogP contribution in [0.25, 0.3) is 0 Å². The van der Waals surface area contributed by atoms with E-state index in [1.54, 1.807) is 4.68 Å². The van der Waals surface area contributed by atoms with Crippen LogP contribution in [0, 0.1) is 6.92 Å². The molecule has 0 saturated carbocycles. The normalized spacial score (nSPS) is 10.6. The van der Waals surface area contributed by atoms with Gasteiger partial charge in [0.2, 0.25) is 0 Å². The Bertz CT molecular complexity index is 569. The lowest BCUT2D eigenvalue weighted by atomic mass is 10.2. The molecule has 2 aromatic rings. The molecule has 6 nitrogen and oxygen atoms in total. The van der Waals surface area contributed by atoms with E-state index in [-0.39, 0.29) is 6.61 Å². The lowest BCUT2D eigenvalue weighted by Gasteiger charge is -2.13. The third-order valence-electron chi connectivity index (χ3n) is 2.97. The standard InChI is InChI=1S/C15H22N4O2/c1-3-8-21-15-9-12(2)4-5-14(15)16-10-13-11-19(6-7-20)18-17-13/h4-5,9,11,16,20H,3,6-8,10H2,1-2H3. The van der Waals surface area contributed by atoms with E-state index in [9.17, 15) is 0 Å². The van der Waals surface area contributed by atoms with Crippen LogP contribution in [0.5, 0.6) is 5.75 Å². The minimum absolute atomic E-state index is 0.0587. The number of anilines is 1. The van der Waals surface area contributed by atoms with E-state index in [4.69, 9.17) is 9.84 Å². The maximum Gasteiger partial charge on any atom is 0.142 e. The zero-order valence-corrected chi connectivity index (χ0v) is 12.5. The van der Waals surface area contributed by atoms with Crippen LogP contribution in [-0.4, -0.2) is 33.3 Å². The summed E-state index contributed by atoms with van der Waals surface area (Å²) in [5.74, 6) is 0.861. The summed E-state index contributed by atoms with van der Waals surface area (Å²) < 4.78 is 7.39. The minimum Gasteiger partial charge on any atom is -0.491 e. The second-order valence-electron chi connectivity index (χ2n) is 4.90. The highest BCUT2D eigenvalue weighted by Gasteiger charge is 2.06. The van der Waals surface area contributed by atoms with Gasteiger partial charge in [-0.15, -0.1) is 5.10 Å². The van der Waals surface area contributed by atoms with Crippen molar-refractivity contribution in [1.82, 2.24) is 15.0 Å². The third kappa shape index (κ3) is 4.46. The Hall–Kier alpha value is -2.08. The van der Waals surface area contributed by atoms with Gasteiger partial charge >= 0.3 is 0 Å². The molecule has 114 valence electrons. The number of hydrogen-bond acceptors (Lipinski definition) is 5. The van der Waals surface area contributed by atoms with E-state index in [2.05, 4.69) is 22.6 Å². The average Bonchev–Trinajstić information content (AvgIpc) is 2.92. The van der Waals surface area contributed by atoms with E-state index in [1.807, 2.05) is 31.3 Å². The number of nitrogens with zero attached hydrogens (tertiary/aromatic N) is 3. The van der Waals surface area contributed by atoms with Gasteiger partial charge in [-0.1, -0.05) is 18.2 Å². The van der Waals surface area contributed by atoms with Crippen molar-refractivity contribution in [2.24, 2.45) is 0 Å². The van der Waals surface area contributed by atoms with Crippen LogP contribution >= 0.6 is 0 Å². The van der Waals surface area contributed by atoms with E-state index in [1.165, 1.54) is 5.56 Å². The summed E-state index contributed by atoms with van der Waals surface area (Å²) in [6.07, 6.45) is 2.80. The molecule has 1 aromatic carbocycles. The highest BCUT2D eigenvalue weighted by atomic mass is 16.5. The number of aromatic nitrogens is 3. The molecular formula is C15H22N4O2. The molecule has 1 aromatic heterocycles. The molecule has 0 aliphatic carbocycles. The molecule has 0 atom stereocenters. The van der Waals surface area contributed by atoms with Crippen molar-refractivity contribution in [2.75, 3.05) is 18.5 Å². The van der Waals surface area contributed by atoms with Crippen LogP contribution in [0.3, 0.4) is 0 Å². The minimum atomic E-state index is 0.0587. The molecule has 0 saturated heterocycles. The monoisotopic (exact) mass is 290 g/mol. The van der Waals surface area contributed by atoms with Crippen molar-refractivity contribution in [3.05, 3.63) is 35.7 Å². The number of aliphatic hydroxyl groups excluding tert-OH is 1. The summed E-state index contributed by atoms with van der Waals surface area (Å²) in [4.78, 5) is 0. The summed E-state index contributed by atoms with van der Waals surface area (Å²) >= 11 is 0. The van der Waals surface area contributed by atoms with Crippen LogP contribution in [0.1, 0.15) is 24.6 Å². The van der Waals surface area contributed by atoms with Gasteiger partial charge < -0.3 is 15.2 Å². The van der Waals surface area contributed by atoms with Crippen molar-refractivity contribution >= 4 is 5.69 Å². The Morgan fingerprint density at radius 2 is 2.24 bits per heavy atom. The average molecular weight is 290 g/mol. The fraction of sp³-hybridized carbons (Fsp3) is 0.467. The van der Waals surface area contributed by atoms with Crippen molar-refractivity contribution in [1.29, 1.82) is 0 Å². The smallest absolute Gasteiger partial charge is 0.142 e. The predicted molar refractivity (Wildman–Crippen MR) is 81.4 cm³/mol. The number of benzene rings is 1. The second kappa shape index (κ2) is 7.64. The number of rotatable bonds is 8. The quantitative estimate of drug-likeness (QED) is 0.778. The predicted octanol–water partition coefficient (Wildman–Crippen LogP) is 1.98. The first-order chi connectivity index (χ1) is 10.2. The van der Waals surface area contributed by atoms with Crippen molar-refractivity contribution < 1.29 is 9.84 Å². The van der Waals surface area contributed by atoms with Gasteiger partial charge in [-0.3, -0.25) is 0 Å². The fourth-order valence-electron chi connectivity index (χ4n) is 1.92. The molecule has 2 N–H and O–H groups in total. The molecule has 6 heteroatoms. The fourth-order valence-corrected chi connectivity index (χ4v) is 1.92. The Labute approximate surface area is 124 Å². The Kier molecular flexibility index (Phi) is 5.57. The first-order valence-electron chi connectivity index (χ1n) is 7.20. The van der Waals surface area contributed by atoms with Gasteiger partial charge in [-0.25, -0.2) is 4.68 Å².